The van der Waals surface area contributed by atoms with E-state index in [1.807, 2.05) is 61.5 Å². The van der Waals surface area contributed by atoms with E-state index in [-0.39, 0.29) is 11.2 Å². The highest BCUT2D eigenvalue weighted by atomic mass is 32.2. The monoisotopic (exact) mass is 443 g/mol. The molecule has 0 saturated heterocycles. The molecule has 4 aromatic rings. The number of hydrogen-bond acceptors (Lipinski definition) is 6. The normalized spacial score (nSPS) is 15.5. The highest BCUT2D eigenvalue weighted by Crippen LogP contribution is 2.43. The number of carbonyl (C=O) groups excluding carboxylic acids is 1. The van der Waals surface area contributed by atoms with Crippen molar-refractivity contribution in [3.63, 3.8) is 0 Å². The molecular weight excluding hydrogens is 422 g/mol. The van der Waals surface area contributed by atoms with E-state index in [1.54, 1.807) is 34.9 Å². The van der Waals surface area contributed by atoms with E-state index in [4.69, 9.17) is 4.74 Å². The predicted molar refractivity (Wildman–Crippen MR) is 124 cm³/mol. The number of carbonyl (C=O) groups is 1. The van der Waals surface area contributed by atoms with Gasteiger partial charge in [0.25, 0.3) is 5.95 Å². The van der Waals surface area contributed by atoms with E-state index in [0.29, 0.717) is 24.1 Å². The molecule has 32 heavy (non-hydrogen) atoms. The summed E-state index contributed by atoms with van der Waals surface area (Å²) in [5, 5.41) is 7.58. The average molecular weight is 444 g/mol. The number of hydrogen-bond donors (Lipinski definition) is 1. The van der Waals surface area contributed by atoms with Crippen LogP contribution in [0.5, 0.6) is 5.75 Å². The Kier molecular flexibility index (Phi) is 5.60. The van der Waals surface area contributed by atoms with Gasteiger partial charge in [-0.1, -0.05) is 42.5 Å². The summed E-state index contributed by atoms with van der Waals surface area (Å²) in [5.41, 5.74) is 4.00. The second kappa shape index (κ2) is 8.84. The van der Waals surface area contributed by atoms with Gasteiger partial charge in [0.15, 0.2) is 0 Å². The molecule has 0 bridgehead atoms. The number of thioether (sulfide) groups is 1. The van der Waals surface area contributed by atoms with Gasteiger partial charge in [-0.3, -0.25) is 4.79 Å². The summed E-state index contributed by atoms with van der Waals surface area (Å²) in [6.45, 7) is 2.46. The number of aromatic nitrogens is 4. The van der Waals surface area contributed by atoms with Crippen molar-refractivity contribution in [3.05, 3.63) is 95.4 Å². The Morgan fingerprint density at radius 1 is 1.06 bits per heavy atom. The topological polar surface area (TPSA) is 81.9 Å². The molecule has 0 aliphatic carbocycles. The minimum absolute atomic E-state index is 0.0513. The lowest BCUT2D eigenvalue weighted by molar-refractivity contribution is -0.113. The van der Waals surface area contributed by atoms with Gasteiger partial charge < -0.3 is 10.1 Å². The molecule has 8 heteroatoms. The Labute approximate surface area is 189 Å². The molecule has 3 heterocycles. The summed E-state index contributed by atoms with van der Waals surface area (Å²) >= 11 is 1.58. The number of rotatable bonds is 5. The second-order valence-corrected chi connectivity index (χ2v) is 8.48. The number of fused-ring (bicyclic) bond motifs is 1. The lowest BCUT2D eigenvalue weighted by Gasteiger charge is -2.16. The van der Waals surface area contributed by atoms with E-state index < -0.39 is 0 Å². The summed E-state index contributed by atoms with van der Waals surface area (Å²) in [5.74, 6) is 2.13. The van der Waals surface area contributed by atoms with Gasteiger partial charge in [0.2, 0.25) is 5.91 Å². The molecule has 1 atom stereocenters. The zero-order chi connectivity index (χ0) is 21.9. The van der Waals surface area contributed by atoms with Gasteiger partial charge in [0.1, 0.15) is 18.2 Å². The van der Waals surface area contributed by atoms with Gasteiger partial charge in [-0.2, -0.15) is 9.78 Å². The SMILES string of the molecule is Cc1nn(-c2ncccn2)c2c1[C@H](c1ccc(OCc3ccccc3)cc1)SCC(=O)N2. The van der Waals surface area contributed by atoms with Gasteiger partial charge in [-0.05, 0) is 36.2 Å². The molecule has 0 saturated carbocycles. The maximum Gasteiger partial charge on any atom is 0.252 e. The highest BCUT2D eigenvalue weighted by molar-refractivity contribution is 8.00. The van der Waals surface area contributed by atoms with Gasteiger partial charge in [-0.15, -0.1) is 11.8 Å². The minimum Gasteiger partial charge on any atom is -0.489 e. The molecule has 2 aromatic heterocycles. The summed E-state index contributed by atoms with van der Waals surface area (Å²) in [7, 11) is 0. The van der Waals surface area contributed by atoms with E-state index in [1.165, 1.54) is 0 Å². The smallest absolute Gasteiger partial charge is 0.252 e. The fourth-order valence-corrected chi connectivity index (χ4v) is 4.86. The summed E-state index contributed by atoms with van der Waals surface area (Å²) in [6, 6.07) is 19.9. The fraction of sp³-hybridized carbons (Fsp3) is 0.167. The minimum atomic E-state index is -0.0707. The number of nitrogens with zero attached hydrogens (tertiary/aromatic N) is 4. The van der Waals surface area contributed by atoms with Gasteiger partial charge in [0, 0.05) is 18.0 Å². The molecule has 1 N–H and O–H groups in total. The zero-order valence-electron chi connectivity index (χ0n) is 17.4. The molecular formula is C24H21N5O2S. The van der Waals surface area contributed by atoms with Crippen LogP contribution in [-0.4, -0.2) is 31.4 Å². The van der Waals surface area contributed by atoms with Crippen molar-refractivity contribution in [1.82, 2.24) is 19.7 Å². The fourth-order valence-electron chi connectivity index (χ4n) is 3.67. The third-order valence-electron chi connectivity index (χ3n) is 5.18. The van der Waals surface area contributed by atoms with Crippen LogP contribution in [-0.2, 0) is 11.4 Å². The first kappa shape index (κ1) is 20.3. The number of nitrogens with one attached hydrogen (secondary N) is 1. The molecule has 0 unspecified atom stereocenters. The molecule has 1 aliphatic heterocycles. The maximum absolute atomic E-state index is 12.5. The van der Waals surface area contributed by atoms with Crippen LogP contribution in [0.2, 0.25) is 0 Å². The van der Waals surface area contributed by atoms with Crippen LogP contribution in [0.1, 0.15) is 27.6 Å². The van der Waals surface area contributed by atoms with E-state index in [0.717, 1.165) is 28.1 Å². The standard InChI is InChI=1S/C24H21N5O2S/c1-16-21-22(18-8-10-19(11-9-18)31-14-17-6-3-2-4-7-17)32-15-20(30)27-23(21)29(28-16)24-25-12-5-13-26-24/h2-13,22H,14-15H2,1H3,(H,27,30)/t22-/m0/s1. The Morgan fingerprint density at radius 3 is 2.56 bits per heavy atom. The van der Waals surface area contributed by atoms with E-state index in [2.05, 4.69) is 20.4 Å². The van der Waals surface area contributed by atoms with E-state index >= 15 is 0 Å². The van der Waals surface area contributed by atoms with Crippen molar-refractivity contribution < 1.29 is 9.53 Å². The highest BCUT2D eigenvalue weighted by Gasteiger charge is 2.31. The van der Waals surface area contributed by atoms with Crippen LogP contribution in [0.4, 0.5) is 5.82 Å². The molecule has 7 nitrogen and oxygen atoms in total. The molecule has 1 amide bonds. The summed E-state index contributed by atoms with van der Waals surface area (Å²) in [4.78, 5) is 21.0. The van der Waals surface area contributed by atoms with Crippen molar-refractivity contribution in [3.8, 4) is 11.7 Å². The molecule has 0 spiro atoms. The molecule has 1 aliphatic rings. The number of aryl methyl sites for hydroxylation is 1. The van der Waals surface area contributed by atoms with Gasteiger partial charge in [-0.25, -0.2) is 9.97 Å². The Bertz CT molecular complexity index is 1230. The van der Waals surface area contributed by atoms with Gasteiger partial charge >= 0.3 is 0 Å². The molecule has 2 aromatic carbocycles. The Morgan fingerprint density at radius 2 is 1.81 bits per heavy atom. The average Bonchev–Trinajstić information content (AvgIpc) is 3.04. The second-order valence-electron chi connectivity index (χ2n) is 7.39. The van der Waals surface area contributed by atoms with Crippen LogP contribution < -0.4 is 10.1 Å². The number of anilines is 1. The molecule has 160 valence electrons. The van der Waals surface area contributed by atoms with Crippen LogP contribution in [0.15, 0.2) is 73.1 Å². The predicted octanol–water partition coefficient (Wildman–Crippen LogP) is 4.32. The lowest BCUT2D eigenvalue weighted by Crippen LogP contribution is -2.16. The quantitative estimate of drug-likeness (QED) is 0.495. The number of benzene rings is 2. The van der Waals surface area contributed by atoms with Crippen molar-refractivity contribution in [2.75, 3.05) is 11.1 Å². The van der Waals surface area contributed by atoms with E-state index in [9.17, 15) is 4.79 Å². The first-order valence-corrected chi connectivity index (χ1v) is 11.3. The molecule has 5 rings (SSSR count). The van der Waals surface area contributed by atoms with Crippen LogP contribution in [0.25, 0.3) is 5.95 Å². The first-order valence-electron chi connectivity index (χ1n) is 10.2. The largest absolute Gasteiger partial charge is 0.489 e. The summed E-state index contributed by atoms with van der Waals surface area (Å²) < 4.78 is 7.53. The van der Waals surface area contributed by atoms with Crippen molar-refractivity contribution in [2.24, 2.45) is 0 Å². The lowest BCUT2D eigenvalue weighted by atomic mass is 10.0. The van der Waals surface area contributed by atoms with Gasteiger partial charge in [0.05, 0.1) is 16.7 Å². The van der Waals surface area contributed by atoms with Crippen molar-refractivity contribution in [2.45, 2.75) is 18.8 Å². The van der Waals surface area contributed by atoms with Crippen molar-refractivity contribution >= 4 is 23.5 Å². The molecule has 0 fully saturated rings. The number of amides is 1. The van der Waals surface area contributed by atoms with Crippen molar-refractivity contribution in [1.29, 1.82) is 0 Å². The Balaban J connectivity index is 1.44. The maximum atomic E-state index is 12.5. The Hall–Kier alpha value is -3.65. The molecule has 0 radical (unpaired) electrons. The van der Waals surface area contributed by atoms with Crippen LogP contribution >= 0.6 is 11.8 Å². The summed E-state index contributed by atoms with van der Waals surface area (Å²) in [6.07, 6.45) is 3.31. The van der Waals surface area contributed by atoms with Crippen LogP contribution in [0.3, 0.4) is 0 Å². The third kappa shape index (κ3) is 4.09. The first-order chi connectivity index (χ1) is 15.7. The zero-order valence-corrected chi connectivity index (χ0v) is 18.2. The van der Waals surface area contributed by atoms with Crippen LogP contribution in [0, 0.1) is 6.92 Å². The third-order valence-corrected chi connectivity index (χ3v) is 6.45. The number of ether oxygens (including phenoxy) is 1.